The summed E-state index contributed by atoms with van der Waals surface area (Å²) in [6, 6.07) is 0. The van der Waals surface area contributed by atoms with Crippen LogP contribution in [0.5, 0.6) is 0 Å². The molecule has 0 aliphatic heterocycles. The number of carbonyl (C=O) groups is 1. The maximum absolute atomic E-state index is 10.1. The van der Waals surface area contributed by atoms with Gasteiger partial charge in [0.05, 0.1) is 0 Å². The van der Waals surface area contributed by atoms with Gasteiger partial charge in [0.25, 0.3) is 0 Å². The molecule has 0 aromatic rings. The van der Waals surface area contributed by atoms with Crippen molar-refractivity contribution >= 4 is 6.41 Å². The molecule has 3 nitrogen and oxygen atoms in total. The lowest BCUT2D eigenvalue weighted by Crippen LogP contribution is -2.31. The molecular weight excluding hydrogens is 166 g/mol. The highest BCUT2D eigenvalue weighted by Gasteiger charge is 2.22. The van der Waals surface area contributed by atoms with E-state index in [0.29, 0.717) is 18.9 Å². The van der Waals surface area contributed by atoms with Crippen molar-refractivity contribution in [1.29, 1.82) is 0 Å². The summed E-state index contributed by atoms with van der Waals surface area (Å²) < 4.78 is 0. The lowest BCUT2D eigenvalue weighted by molar-refractivity contribution is -0.109. The van der Waals surface area contributed by atoms with Crippen LogP contribution < -0.4 is 5.32 Å². The molecular formula is C10H19NO2. The fraction of sp³-hybridized carbons (Fsp3) is 0.900. The molecule has 1 aliphatic carbocycles. The summed E-state index contributed by atoms with van der Waals surface area (Å²) in [7, 11) is 0. The van der Waals surface area contributed by atoms with Crippen LogP contribution in [0.15, 0.2) is 0 Å². The van der Waals surface area contributed by atoms with Crippen LogP contribution in [-0.2, 0) is 4.79 Å². The Kier molecular flexibility index (Phi) is 4.83. The summed E-state index contributed by atoms with van der Waals surface area (Å²) in [4.78, 5) is 10.1. The van der Waals surface area contributed by atoms with Crippen molar-refractivity contribution in [2.75, 3.05) is 13.2 Å². The maximum Gasteiger partial charge on any atom is 0.207 e. The number of carbonyl (C=O) groups excluding carboxylic acids is 1. The van der Waals surface area contributed by atoms with Gasteiger partial charge in [0.15, 0.2) is 0 Å². The van der Waals surface area contributed by atoms with Crippen LogP contribution in [0, 0.1) is 11.8 Å². The number of hydrogen-bond acceptors (Lipinski definition) is 2. The average molecular weight is 185 g/mol. The van der Waals surface area contributed by atoms with Crippen LogP contribution in [0.25, 0.3) is 0 Å². The predicted octanol–water partition coefficient (Wildman–Crippen LogP) is 0.921. The number of aliphatic hydroxyl groups excluding tert-OH is 1. The summed E-state index contributed by atoms with van der Waals surface area (Å²) in [5.41, 5.74) is 0. The first-order valence-electron chi connectivity index (χ1n) is 5.16. The average Bonchev–Trinajstić information content (AvgIpc) is 2.21. The second-order valence-corrected chi connectivity index (χ2v) is 3.87. The van der Waals surface area contributed by atoms with Crippen molar-refractivity contribution in [2.24, 2.45) is 11.8 Å². The minimum absolute atomic E-state index is 0.200. The van der Waals surface area contributed by atoms with Crippen molar-refractivity contribution in [3.05, 3.63) is 0 Å². The van der Waals surface area contributed by atoms with E-state index in [-0.39, 0.29) is 12.5 Å². The van der Waals surface area contributed by atoms with Gasteiger partial charge >= 0.3 is 0 Å². The summed E-state index contributed by atoms with van der Waals surface area (Å²) >= 11 is 0. The van der Waals surface area contributed by atoms with Crippen LogP contribution in [0.1, 0.15) is 32.1 Å². The van der Waals surface area contributed by atoms with E-state index in [2.05, 4.69) is 5.32 Å². The summed E-state index contributed by atoms with van der Waals surface area (Å²) in [6.07, 6.45) is 7.03. The molecule has 0 spiro atoms. The smallest absolute Gasteiger partial charge is 0.207 e. The van der Waals surface area contributed by atoms with Gasteiger partial charge in [-0.1, -0.05) is 32.1 Å². The zero-order valence-electron chi connectivity index (χ0n) is 8.04. The highest BCUT2D eigenvalue weighted by atomic mass is 16.3. The predicted molar refractivity (Wildman–Crippen MR) is 51.2 cm³/mol. The largest absolute Gasteiger partial charge is 0.396 e. The molecule has 0 radical (unpaired) electrons. The van der Waals surface area contributed by atoms with Crippen molar-refractivity contribution in [1.82, 2.24) is 5.32 Å². The molecule has 1 atom stereocenters. The number of amides is 1. The molecule has 0 heterocycles. The molecule has 1 aliphatic rings. The number of aliphatic hydroxyl groups is 1. The Morgan fingerprint density at radius 1 is 1.38 bits per heavy atom. The van der Waals surface area contributed by atoms with E-state index in [1.165, 1.54) is 32.1 Å². The van der Waals surface area contributed by atoms with Crippen molar-refractivity contribution in [3.63, 3.8) is 0 Å². The first-order valence-corrected chi connectivity index (χ1v) is 5.16. The Morgan fingerprint density at radius 2 is 2.08 bits per heavy atom. The van der Waals surface area contributed by atoms with E-state index < -0.39 is 0 Å². The fourth-order valence-corrected chi connectivity index (χ4v) is 2.19. The molecule has 1 amide bonds. The van der Waals surface area contributed by atoms with Gasteiger partial charge in [0.2, 0.25) is 6.41 Å². The SMILES string of the molecule is O=CNCC(CO)C1CCCCC1. The first kappa shape index (κ1) is 10.5. The van der Waals surface area contributed by atoms with Crippen LogP contribution in [0.3, 0.4) is 0 Å². The second-order valence-electron chi connectivity index (χ2n) is 3.87. The summed E-state index contributed by atoms with van der Waals surface area (Å²) in [5, 5.41) is 11.8. The van der Waals surface area contributed by atoms with Crippen LogP contribution >= 0.6 is 0 Å². The lowest BCUT2D eigenvalue weighted by Gasteiger charge is -2.28. The quantitative estimate of drug-likeness (QED) is 0.626. The Hall–Kier alpha value is -0.570. The van der Waals surface area contributed by atoms with Crippen molar-refractivity contribution < 1.29 is 9.90 Å². The van der Waals surface area contributed by atoms with Crippen molar-refractivity contribution in [3.8, 4) is 0 Å². The Bertz CT molecular complexity index is 144. The fourth-order valence-electron chi connectivity index (χ4n) is 2.19. The zero-order valence-corrected chi connectivity index (χ0v) is 8.04. The van der Waals surface area contributed by atoms with Gasteiger partial charge in [0, 0.05) is 19.1 Å². The zero-order chi connectivity index (χ0) is 9.52. The summed E-state index contributed by atoms with van der Waals surface area (Å²) in [5.74, 6) is 0.886. The van der Waals surface area contributed by atoms with E-state index in [1.54, 1.807) is 0 Å². The highest BCUT2D eigenvalue weighted by Crippen LogP contribution is 2.29. The third-order valence-electron chi connectivity index (χ3n) is 3.01. The van der Waals surface area contributed by atoms with Crippen LogP contribution in [-0.4, -0.2) is 24.7 Å². The topological polar surface area (TPSA) is 49.3 Å². The molecule has 2 N–H and O–H groups in total. The van der Waals surface area contributed by atoms with E-state index in [9.17, 15) is 4.79 Å². The molecule has 76 valence electrons. The monoisotopic (exact) mass is 185 g/mol. The van der Waals surface area contributed by atoms with Gasteiger partial charge in [-0.2, -0.15) is 0 Å². The van der Waals surface area contributed by atoms with Crippen LogP contribution in [0.2, 0.25) is 0 Å². The van der Waals surface area contributed by atoms with Gasteiger partial charge in [-0.3, -0.25) is 4.79 Å². The van der Waals surface area contributed by atoms with E-state index in [0.717, 1.165) is 0 Å². The second kappa shape index (κ2) is 5.97. The third-order valence-corrected chi connectivity index (χ3v) is 3.01. The Balaban J connectivity index is 2.29. The highest BCUT2D eigenvalue weighted by molar-refractivity contribution is 5.45. The van der Waals surface area contributed by atoms with E-state index in [1.807, 2.05) is 0 Å². The standard InChI is InChI=1S/C10H19NO2/c12-7-10(6-11-8-13)9-4-2-1-3-5-9/h8-10,12H,1-7H2,(H,11,13). The first-order chi connectivity index (χ1) is 6.38. The molecule has 1 unspecified atom stereocenters. The van der Waals surface area contributed by atoms with Crippen molar-refractivity contribution in [2.45, 2.75) is 32.1 Å². The molecule has 0 aromatic carbocycles. The minimum atomic E-state index is 0.200. The molecule has 3 heteroatoms. The number of rotatable bonds is 5. The molecule has 0 bridgehead atoms. The number of hydrogen-bond donors (Lipinski definition) is 2. The van der Waals surface area contributed by atoms with Gasteiger partial charge in [-0.15, -0.1) is 0 Å². The normalized spacial score (nSPS) is 21.0. The van der Waals surface area contributed by atoms with E-state index in [4.69, 9.17) is 5.11 Å². The Labute approximate surface area is 79.5 Å². The molecule has 13 heavy (non-hydrogen) atoms. The van der Waals surface area contributed by atoms with E-state index >= 15 is 0 Å². The summed E-state index contributed by atoms with van der Waals surface area (Å²) in [6.45, 7) is 0.830. The van der Waals surface area contributed by atoms with Gasteiger partial charge in [-0.05, 0) is 5.92 Å². The minimum Gasteiger partial charge on any atom is -0.396 e. The molecule has 1 saturated carbocycles. The molecule has 1 rings (SSSR count). The van der Waals surface area contributed by atoms with Gasteiger partial charge in [0.1, 0.15) is 0 Å². The van der Waals surface area contributed by atoms with Crippen LogP contribution in [0.4, 0.5) is 0 Å². The van der Waals surface area contributed by atoms with Gasteiger partial charge in [-0.25, -0.2) is 0 Å². The third kappa shape index (κ3) is 3.35. The molecule has 0 aromatic heterocycles. The lowest BCUT2D eigenvalue weighted by atomic mass is 9.80. The Morgan fingerprint density at radius 3 is 2.62 bits per heavy atom. The number of nitrogens with one attached hydrogen (secondary N) is 1. The maximum atomic E-state index is 10.1. The molecule has 1 fully saturated rings. The molecule has 0 saturated heterocycles. The van der Waals surface area contributed by atoms with Gasteiger partial charge < -0.3 is 10.4 Å².